The van der Waals surface area contributed by atoms with Crippen LogP contribution in [0.1, 0.15) is 16.1 Å². The van der Waals surface area contributed by atoms with E-state index in [0.29, 0.717) is 12.2 Å². The molecule has 0 aliphatic carbocycles. The highest BCUT2D eigenvalue weighted by atomic mass is 16.5. The van der Waals surface area contributed by atoms with E-state index in [1.807, 2.05) is 36.4 Å². The molecular weight excluding hydrogens is 266 g/mol. The maximum Gasteiger partial charge on any atom is 0.268 e. The third kappa shape index (κ3) is 2.58. The Morgan fingerprint density at radius 3 is 2.95 bits per heavy atom. The van der Waals surface area contributed by atoms with E-state index < -0.39 is 0 Å². The average molecular weight is 281 g/mol. The Bertz CT molecular complexity index is 780. The van der Waals surface area contributed by atoms with Gasteiger partial charge in [0, 0.05) is 24.5 Å². The summed E-state index contributed by atoms with van der Waals surface area (Å²) in [5.41, 5.74) is 2.24. The monoisotopic (exact) mass is 281 g/mol. The zero-order valence-electron chi connectivity index (χ0n) is 11.6. The van der Waals surface area contributed by atoms with E-state index in [4.69, 9.17) is 4.74 Å². The lowest BCUT2D eigenvalue weighted by molar-refractivity contribution is 0.0944. The first kappa shape index (κ1) is 13.2. The number of imidazole rings is 1. The van der Waals surface area contributed by atoms with Crippen LogP contribution in [0, 0.1) is 0 Å². The Labute approximate surface area is 122 Å². The molecule has 0 unspecified atom stereocenters. The van der Waals surface area contributed by atoms with Crippen LogP contribution in [0.5, 0.6) is 5.75 Å². The van der Waals surface area contributed by atoms with Gasteiger partial charge < -0.3 is 10.1 Å². The highest BCUT2D eigenvalue weighted by Crippen LogP contribution is 2.17. The van der Waals surface area contributed by atoms with Crippen molar-refractivity contribution in [3.05, 3.63) is 66.1 Å². The van der Waals surface area contributed by atoms with E-state index in [0.717, 1.165) is 17.0 Å². The quantitative estimate of drug-likeness (QED) is 0.798. The summed E-state index contributed by atoms with van der Waals surface area (Å²) in [6.45, 7) is 0.411. The molecule has 0 aliphatic rings. The zero-order chi connectivity index (χ0) is 14.7. The van der Waals surface area contributed by atoms with Crippen LogP contribution in [0.2, 0.25) is 0 Å². The molecule has 0 spiro atoms. The molecule has 2 aromatic heterocycles. The fraction of sp³-hybridized carbons (Fsp3) is 0.125. The van der Waals surface area contributed by atoms with Crippen molar-refractivity contribution in [2.45, 2.75) is 6.54 Å². The molecule has 0 radical (unpaired) electrons. The van der Waals surface area contributed by atoms with Crippen LogP contribution in [-0.4, -0.2) is 22.4 Å². The van der Waals surface area contributed by atoms with Gasteiger partial charge in [0.1, 0.15) is 17.1 Å². The highest BCUT2D eigenvalue weighted by Gasteiger charge is 2.10. The van der Waals surface area contributed by atoms with Crippen molar-refractivity contribution >= 4 is 11.6 Å². The number of carbonyl (C=O) groups excluding carboxylic acids is 1. The van der Waals surface area contributed by atoms with Crippen LogP contribution in [0.3, 0.4) is 0 Å². The number of fused-ring (bicyclic) bond motifs is 1. The second-order valence-corrected chi connectivity index (χ2v) is 4.56. The van der Waals surface area contributed by atoms with E-state index in [2.05, 4.69) is 10.3 Å². The Balaban J connectivity index is 1.79. The van der Waals surface area contributed by atoms with Gasteiger partial charge in [-0.05, 0) is 18.2 Å². The molecule has 1 N–H and O–H groups in total. The van der Waals surface area contributed by atoms with E-state index in [9.17, 15) is 4.79 Å². The van der Waals surface area contributed by atoms with Gasteiger partial charge in [-0.15, -0.1) is 0 Å². The molecule has 0 aliphatic heterocycles. The number of rotatable bonds is 4. The number of nitrogens with one attached hydrogen (secondary N) is 1. The third-order valence-corrected chi connectivity index (χ3v) is 3.29. The Morgan fingerprint density at radius 2 is 2.10 bits per heavy atom. The van der Waals surface area contributed by atoms with Crippen molar-refractivity contribution in [2.24, 2.45) is 0 Å². The van der Waals surface area contributed by atoms with Crippen molar-refractivity contribution in [1.82, 2.24) is 14.7 Å². The Morgan fingerprint density at radius 1 is 1.24 bits per heavy atom. The van der Waals surface area contributed by atoms with Crippen LogP contribution < -0.4 is 10.1 Å². The molecule has 5 nitrogen and oxygen atoms in total. The van der Waals surface area contributed by atoms with E-state index >= 15 is 0 Å². The lowest BCUT2D eigenvalue weighted by atomic mass is 10.2. The number of pyridine rings is 1. The second kappa shape index (κ2) is 5.66. The SMILES string of the molecule is COc1ccccc1CNC(=O)c1cccc2nccn12. The fourth-order valence-electron chi connectivity index (χ4n) is 2.25. The van der Waals surface area contributed by atoms with E-state index in [1.165, 1.54) is 0 Å². The molecule has 3 aromatic rings. The number of ether oxygens (including phenoxy) is 1. The van der Waals surface area contributed by atoms with Gasteiger partial charge in [0.25, 0.3) is 5.91 Å². The molecule has 21 heavy (non-hydrogen) atoms. The fourth-order valence-corrected chi connectivity index (χ4v) is 2.25. The summed E-state index contributed by atoms with van der Waals surface area (Å²) in [7, 11) is 1.62. The number of para-hydroxylation sites is 1. The molecule has 1 amide bonds. The van der Waals surface area contributed by atoms with Gasteiger partial charge in [-0.3, -0.25) is 9.20 Å². The van der Waals surface area contributed by atoms with Gasteiger partial charge >= 0.3 is 0 Å². The number of amides is 1. The standard InChI is InChI=1S/C16H15N3O2/c1-21-14-7-3-2-5-12(14)11-18-16(20)13-6-4-8-15-17-9-10-19(13)15/h2-10H,11H2,1H3,(H,18,20). The lowest BCUT2D eigenvalue weighted by Gasteiger charge is -2.10. The van der Waals surface area contributed by atoms with E-state index in [1.54, 1.807) is 30.0 Å². The molecule has 0 bridgehead atoms. The molecule has 2 heterocycles. The van der Waals surface area contributed by atoms with Crippen molar-refractivity contribution in [3.8, 4) is 5.75 Å². The molecule has 1 aromatic carbocycles. The van der Waals surface area contributed by atoms with Gasteiger partial charge in [0.05, 0.1) is 7.11 Å². The molecule has 0 saturated carbocycles. The first-order valence-electron chi connectivity index (χ1n) is 6.62. The van der Waals surface area contributed by atoms with Crippen molar-refractivity contribution in [1.29, 1.82) is 0 Å². The number of benzene rings is 1. The average Bonchev–Trinajstić information content (AvgIpc) is 3.01. The summed E-state index contributed by atoms with van der Waals surface area (Å²) in [6, 6.07) is 13.1. The lowest BCUT2D eigenvalue weighted by Crippen LogP contribution is -2.25. The Kier molecular flexibility index (Phi) is 3.55. The van der Waals surface area contributed by atoms with Crippen molar-refractivity contribution in [2.75, 3.05) is 7.11 Å². The number of aromatic nitrogens is 2. The summed E-state index contributed by atoms with van der Waals surface area (Å²) in [4.78, 5) is 16.5. The normalized spacial score (nSPS) is 10.5. The largest absolute Gasteiger partial charge is 0.496 e. The van der Waals surface area contributed by atoms with Crippen molar-refractivity contribution < 1.29 is 9.53 Å². The summed E-state index contributed by atoms with van der Waals surface area (Å²) >= 11 is 0. The van der Waals surface area contributed by atoms with Crippen LogP contribution in [-0.2, 0) is 6.54 Å². The van der Waals surface area contributed by atoms with Gasteiger partial charge in [0.15, 0.2) is 0 Å². The van der Waals surface area contributed by atoms with E-state index in [-0.39, 0.29) is 5.91 Å². The minimum Gasteiger partial charge on any atom is -0.496 e. The number of methoxy groups -OCH3 is 1. The van der Waals surface area contributed by atoms with Gasteiger partial charge in [-0.25, -0.2) is 4.98 Å². The molecule has 0 atom stereocenters. The first-order valence-corrected chi connectivity index (χ1v) is 6.62. The summed E-state index contributed by atoms with van der Waals surface area (Å²) in [5.74, 6) is 0.614. The van der Waals surface area contributed by atoms with Gasteiger partial charge in [-0.1, -0.05) is 24.3 Å². The number of nitrogens with zero attached hydrogens (tertiary/aromatic N) is 2. The molecule has 0 fully saturated rings. The topological polar surface area (TPSA) is 55.6 Å². The van der Waals surface area contributed by atoms with Crippen LogP contribution in [0.15, 0.2) is 54.9 Å². The molecule has 0 saturated heterocycles. The summed E-state index contributed by atoms with van der Waals surface area (Å²) < 4.78 is 7.04. The molecular formula is C16H15N3O2. The smallest absolute Gasteiger partial charge is 0.268 e. The molecule has 3 rings (SSSR count). The predicted molar refractivity (Wildman–Crippen MR) is 79.4 cm³/mol. The predicted octanol–water partition coefficient (Wildman–Crippen LogP) is 2.27. The number of hydrogen-bond donors (Lipinski definition) is 1. The summed E-state index contributed by atoms with van der Waals surface area (Å²) in [6.07, 6.45) is 3.44. The minimum atomic E-state index is -0.149. The number of carbonyl (C=O) groups is 1. The van der Waals surface area contributed by atoms with Crippen LogP contribution >= 0.6 is 0 Å². The molecule has 106 valence electrons. The van der Waals surface area contributed by atoms with Crippen molar-refractivity contribution in [3.63, 3.8) is 0 Å². The zero-order valence-corrected chi connectivity index (χ0v) is 11.6. The maximum atomic E-state index is 12.3. The minimum absolute atomic E-state index is 0.149. The maximum absolute atomic E-state index is 12.3. The second-order valence-electron chi connectivity index (χ2n) is 4.56. The van der Waals surface area contributed by atoms with Crippen LogP contribution in [0.4, 0.5) is 0 Å². The first-order chi connectivity index (χ1) is 10.3. The van der Waals surface area contributed by atoms with Gasteiger partial charge in [-0.2, -0.15) is 0 Å². The Hall–Kier alpha value is -2.82. The van der Waals surface area contributed by atoms with Crippen LogP contribution in [0.25, 0.3) is 5.65 Å². The van der Waals surface area contributed by atoms with Gasteiger partial charge in [0.2, 0.25) is 0 Å². The number of hydrogen-bond acceptors (Lipinski definition) is 3. The highest BCUT2D eigenvalue weighted by molar-refractivity contribution is 5.93. The molecule has 5 heteroatoms. The third-order valence-electron chi connectivity index (χ3n) is 3.29. The summed E-state index contributed by atoms with van der Waals surface area (Å²) in [5, 5.41) is 2.90.